The molecule has 0 atom stereocenters. The number of carbonyl (C=O) groups is 2. The minimum absolute atomic E-state index is 0.0761. The maximum absolute atomic E-state index is 15.1. The van der Waals surface area contributed by atoms with Crippen molar-refractivity contribution in [2.24, 2.45) is 7.05 Å². The number of aromatic nitrogens is 3. The first-order valence-electron chi connectivity index (χ1n) is 12.7. The molecule has 0 spiro atoms. The van der Waals surface area contributed by atoms with Crippen LogP contribution in [0.4, 0.5) is 14.9 Å². The summed E-state index contributed by atoms with van der Waals surface area (Å²) in [5.41, 5.74) is 4.66. The lowest BCUT2D eigenvalue weighted by atomic mass is 10.0. The van der Waals surface area contributed by atoms with Crippen LogP contribution >= 0.6 is 0 Å². The lowest BCUT2D eigenvalue weighted by molar-refractivity contribution is 0.101. The summed E-state index contributed by atoms with van der Waals surface area (Å²) in [4.78, 5) is 30.9. The number of benzene rings is 2. The Kier molecular flexibility index (Phi) is 7.07. The first-order valence-corrected chi connectivity index (χ1v) is 12.7. The van der Waals surface area contributed by atoms with Gasteiger partial charge in [0.25, 0.3) is 0 Å². The minimum atomic E-state index is -0.485. The molecule has 2 aromatic heterocycles. The number of aryl methyl sites for hydroxylation is 2. The van der Waals surface area contributed by atoms with Gasteiger partial charge in [0.15, 0.2) is 11.6 Å². The molecule has 0 bridgehead atoms. The molecule has 0 saturated carbocycles. The van der Waals surface area contributed by atoms with Crippen LogP contribution in [0.2, 0.25) is 0 Å². The zero-order valence-corrected chi connectivity index (χ0v) is 23.2. The lowest BCUT2D eigenvalue weighted by Gasteiger charge is -2.11. The standard InChI is InChI=1S/C29H31FN6O4/c1-15-25(16(2)36(5)34-15)27-20(19-12-18(39-6)13-22(30)26(19)33-27)14-24-28(37)21-11-17(7-8-23(21)40-24)32-29(38)31-9-10-35(3)4/h7-8,11-14,33H,9-10H2,1-6H3,(H2,31,32,38)/b24-14-. The summed E-state index contributed by atoms with van der Waals surface area (Å²) in [6.07, 6.45) is 1.61. The second-order valence-electron chi connectivity index (χ2n) is 9.95. The number of hydrogen-bond acceptors (Lipinski definition) is 6. The molecule has 4 aromatic rings. The summed E-state index contributed by atoms with van der Waals surface area (Å²) in [7, 11) is 7.14. The van der Waals surface area contributed by atoms with Gasteiger partial charge in [0, 0.05) is 54.1 Å². The van der Waals surface area contributed by atoms with Crippen LogP contribution in [0.3, 0.4) is 0 Å². The zero-order valence-electron chi connectivity index (χ0n) is 23.2. The molecule has 3 heterocycles. The summed E-state index contributed by atoms with van der Waals surface area (Å²) in [6.45, 7) is 4.97. The van der Waals surface area contributed by atoms with Crippen molar-refractivity contribution < 1.29 is 23.5 Å². The van der Waals surface area contributed by atoms with E-state index < -0.39 is 5.82 Å². The Morgan fingerprint density at radius 3 is 2.70 bits per heavy atom. The van der Waals surface area contributed by atoms with E-state index in [1.807, 2.05) is 39.9 Å². The van der Waals surface area contributed by atoms with E-state index in [-0.39, 0.29) is 23.1 Å². The number of ether oxygens (including phenoxy) is 2. The Bertz CT molecular complexity index is 1680. The van der Waals surface area contributed by atoms with Crippen LogP contribution in [0.1, 0.15) is 27.3 Å². The third kappa shape index (κ3) is 4.91. The number of rotatable bonds is 7. The van der Waals surface area contributed by atoms with Crippen LogP contribution < -0.4 is 20.1 Å². The first-order chi connectivity index (χ1) is 19.1. The molecular weight excluding hydrogens is 515 g/mol. The van der Waals surface area contributed by atoms with Gasteiger partial charge in [-0.05, 0) is 58.3 Å². The molecule has 0 radical (unpaired) electrons. The van der Waals surface area contributed by atoms with Crippen molar-refractivity contribution in [1.29, 1.82) is 0 Å². The number of Topliss-reactive ketones (excluding diaryl/α,β-unsaturated/α-hetero) is 1. The second kappa shape index (κ2) is 10.5. The van der Waals surface area contributed by atoms with Crippen molar-refractivity contribution >= 4 is 34.5 Å². The summed E-state index contributed by atoms with van der Waals surface area (Å²) >= 11 is 0. The number of allylic oxidation sites excluding steroid dienone is 1. The summed E-state index contributed by atoms with van der Waals surface area (Å²) < 4.78 is 28.1. The minimum Gasteiger partial charge on any atom is -0.497 e. The van der Waals surface area contributed by atoms with Crippen LogP contribution in [-0.4, -0.2) is 65.8 Å². The number of fused-ring (bicyclic) bond motifs is 2. The smallest absolute Gasteiger partial charge is 0.319 e. The highest BCUT2D eigenvalue weighted by Gasteiger charge is 2.30. The maximum Gasteiger partial charge on any atom is 0.319 e. The monoisotopic (exact) mass is 546 g/mol. The Labute approximate surface area is 230 Å². The predicted molar refractivity (Wildman–Crippen MR) is 151 cm³/mol. The van der Waals surface area contributed by atoms with Crippen molar-refractivity contribution in [1.82, 2.24) is 25.0 Å². The molecule has 0 fully saturated rings. The third-order valence-electron chi connectivity index (χ3n) is 6.91. The fraction of sp³-hybridized carbons (Fsp3) is 0.276. The number of hydrogen-bond donors (Lipinski definition) is 3. The van der Waals surface area contributed by atoms with Crippen molar-refractivity contribution in [3.8, 4) is 22.8 Å². The van der Waals surface area contributed by atoms with Gasteiger partial charge >= 0.3 is 6.03 Å². The lowest BCUT2D eigenvalue weighted by Crippen LogP contribution is -2.34. The van der Waals surface area contributed by atoms with Crippen molar-refractivity contribution in [3.05, 3.63) is 64.4 Å². The van der Waals surface area contributed by atoms with Gasteiger partial charge in [-0.2, -0.15) is 5.10 Å². The van der Waals surface area contributed by atoms with Gasteiger partial charge in [0.2, 0.25) is 5.78 Å². The van der Waals surface area contributed by atoms with E-state index in [0.717, 1.165) is 17.0 Å². The number of aromatic amines is 1. The van der Waals surface area contributed by atoms with Crippen LogP contribution in [-0.2, 0) is 7.05 Å². The van der Waals surface area contributed by atoms with Gasteiger partial charge in [-0.3, -0.25) is 9.48 Å². The van der Waals surface area contributed by atoms with E-state index in [4.69, 9.17) is 9.47 Å². The molecule has 3 N–H and O–H groups in total. The largest absolute Gasteiger partial charge is 0.497 e. The van der Waals surface area contributed by atoms with Crippen molar-refractivity contribution in [2.45, 2.75) is 13.8 Å². The van der Waals surface area contributed by atoms with E-state index in [9.17, 15) is 9.59 Å². The van der Waals surface area contributed by atoms with Crippen LogP contribution in [0.25, 0.3) is 28.2 Å². The molecule has 0 aliphatic carbocycles. The highest BCUT2D eigenvalue weighted by Crippen LogP contribution is 2.40. The van der Waals surface area contributed by atoms with Crippen LogP contribution in [0.5, 0.6) is 11.5 Å². The molecule has 208 valence electrons. The molecule has 2 amide bonds. The quantitative estimate of drug-likeness (QED) is 0.291. The molecule has 0 unspecified atom stereocenters. The molecule has 5 rings (SSSR count). The topological polar surface area (TPSA) is 114 Å². The van der Waals surface area contributed by atoms with Gasteiger partial charge in [0.05, 0.1) is 29.6 Å². The highest BCUT2D eigenvalue weighted by atomic mass is 19.1. The Balaban J connectivity index is 1.53. The molecule has 1 aliphatic heterocycles. The van der Waals surface area contributed by atoms with Crippen molar-refractivity contribution in [3.63, 3.8) is 0 Å². The number of halogens is 1. The summed E-state index contributed by atoms with van der Waals surface area (Å²) in [5.74, 6) is -0.0480. The molecule has 2 aromatic carbocycles. The predicted octanol–water partition coefficient (Wildman–Crippen LogP) is 4.63. The van der Waals surface area contributed by atoms with Gasteiger partial charge in [-0.1, -0.05) is 0 Å². The van der Waals surface area contributed by atoms with E-state index >= 15 is 4.39 Å². The van der Waals surface area contributed by atoms with E-state index in [2.05, 4.69) is 20.7 Å². The number of H-pyrrole nitrogens is 1. The van der Waals surface area contributed by atoms with E-state index in [1.54, 1.807) is 35.0 Å². The van der Waals surface area contributed by atoms with E-state index in [0.29, 0.717) is 52.5 Å². The molecule has 11 heteroatoms. The van der Waals surface area contributed by atoms with Gasteiger partial charge < -0.3 is 30.0 Å². The number of likely N-dealkylation sites (N-methyl/N-ethyl adjacent to an activating group) is 1. The molecule has 10 nitrogen and oxygen atoms in total. The Morgan fingerprint density at radius 2 is 2.02 bits per heavy atom. The average molecular weight is 547 g/mol. The van der Waals surface area contributed by atoms with E-state index in [1.165, 1.54) is 13.2 Å². The number of anilines is 1. The molecule has 40 heavy (non-hydrogen) atoms. The third-order valence-corrected chi connectivity index (χ3v) is 6.91. The molecule has 0 saturated heterocycles. The molecule has 1 aliphatic rings. The fourth-order valence-corrected chi connectivity index (χ4v) is 4.81. The molecular formula is C29H31FN6O4. The second-order valence-corrected chi connectivity index (χ2v) is 9.95. The Morgan fingerprint density at radius 1 is 1.25 bits per heavy atom. The van der Waals surface area contributed by atoms with Crippen LogP contribution in [0.15, 0.2) is 36.1 Å². The number of ketones is 1. The van der Waals surface area contributed by atoms with Gasteiger partial charge in [0.1, 0.15) is 11.5 Å². The van der Waals surface area contributed by atoms with Crippen LogP contribution in [0, 0.1) is 19.7 Å². The van der Waals surface area contributed by atoms with Crippen molar-refractivity contribution in [2.75, 3.05) is 39.6 Å². The average Bonchev–Trinajstić information content (AvgIpc) is 3.50. The number of nitrogens with one attached hydrogen (secondary N) is 3. The summed E-state index contributed by atoms with van der Waals surface area (Å²) in [5, 5.41) is 10.6. The number of methoxy groups -OCH3 is 1. The number of carbonyl (C=O) groups excluding carboxylic acids is 2. The van der Waals surface area contributed by atoms with Gasteiger partial charge in [-0.25, -0.2) is 9.18 Å². The first kappa shape index (κ1) is 26.9. The fourth-order valence-electron chi connectivity index (χ4n) is 4.81. The normalized spacial score (nSPS) is 13.7. The van der Waals surface area contributed by atoms with Gasteiger partial charge in [-0.15, -0.1) is 0 Å². The highest BCUT2D eigenvalue weighted by molar-refractivity contribution is 6.16. The zero-order chi connectivity index (χ0) is 28.7. The number of nitrogens with zero attached hydrogens (tertiary/aromatic N) is 3. The number of urea groups is 1. The SMILES string of the molecule is COc1cc(F)c2[nH]c(-c3c(C)nn(C)c3C)c(/C=C3\Oc4ccc(NC(=O)NCCN(C)C)cc4C3=O)c2c1. The number of amides is 2. The summed E-state index contributed by atoms with van der Waals surface area (Å²) in [6, 6.07) is 7.54. The Hall–Kier alpha value is -4.64. The maximum atomic E-state index is 15.1.